The van der Waals surface area contributed by atoms with Crippen LogP contribution in [-0.2, 0) is 0 Å². The van der Waals surface area contributed by atoms with E-state index in [4.69, 9.17) is 34.8 Å². The first-order valence-electron chi connectivity index (χ1n) is 7.07. The van der Waals surface area contributed by atoms with E-state index in [1.807, 2.05) is 13.8 Å². The summed E-state index contributed by atoms with van der Waals surface area (Å²) in [4.78, 5) is 2.32. The molecule has 3 nitrogen and oxygen atoms in total. The number of nitrogens with zero attached hydrogens (tertiary/aromatic N) is 1. The van der Waals surface area contributed by atoms with E-state index in [1.54, 1.807) is 12.1 Å². The van der Waals surface area contributed by atoms with E-state index in [-0.39, 0.29) is 30.5 Å². The molecule has 0 aromatic heterocycles. The lowest BCUT2D eigenvalue weighted by molar-refractivity contribution is 0.0306. The average molecular weight is 388 g/mol. The van der Waals surface area contributed by atoms with E-state index in [0.29, 0.717) is 15.1 Å². The van der Waals surface area contributed by atoms with Crippen LogP contribution in [-0.4, -0.2) is 42.8 Å². The average Bonchev–Trinajstić information content (AvgIpc) is 2.48. The zero-order valence-corrected chi connectivity index (χ0v) is 15.8. The van der Waals surface area contributed by atoms with Crippen molar-refractivity contribution in [3.8, 4) is 0 Å². The molecule has 0 unspecified atom stereocenters. The fraction of sp³-hybridized carbons (Fsp3) is 0.600. The molecule has 1 aromatic rings. The molecule has 2 N–H and O–H groups in total. The molecule has 0 bridgehead atoms. The summed E-state index contributed by atoms with van der Waals surface area (Å²) in [6, 6.07) is 3.40. The van der Waals surface area contributed by atoms with Gasteiger partial charge < -0.3 is 10.4 Å². The molecule has 0 radical (unpaired) electrons. The van der Waals surface area contributed by atoms with Crippen LogP contribution in [0.5, 0.6) is 0 Å². The highest BCUT2D eigenvalue weighted by molar-refractivity contribution is 6.44. The van der Waals surface area contributed by atoms with Crippen molar-refractivity contribution in [2.45, 2.75) is 19.9 Å². The van der Waals surface area contributed by atoms with Crippen molar-refractivity contribution >= 4 is 47.2 Å². The van der Waals surface area contributed by atoms with Gasteiger partial charge in [0.05, 0.1) is 10.0 Å². The van der Waals surface area contributed by atoms with Gasteiger partial charge in [-0.1, -0.05) is 48.7 Å². The second-order valence-electron chi connectivity index (χ2n) is 6.09. The van der Waals surface area contributed by atoms with Gasteiger partial charge in [-0.15, -0.1) is 12.4 Å². The third kappa shape index (κ3) is 4.21. The molecule has 22 heavy (non-hydrogen) atoms. The van der Waals surface area contributed by atoms with Crippen LogP contribution in [0.2, 0.25) is 15.1 Å². The summed E-state index contributed by atoms with van der Waals surface area (Å²) < 4.78 is 0. The fourth-order valence-corrected chi connectivity index (χ4v) is 3.63. The Labute approximate surface area is 153 Å². The predicted octanol–water partition coefficient (Wildman–Crippen LogP) is 4.03. The van der Waals surface area contributed by atoms with Crippen LogP contribution < -0.4 is 5.32 Å². The third-order valence-corrected chi connectivity index (χ3v) is 5.17. The van der Waals surface area contributed by atoms with Gasteiger partial charge in [-0.05, 0) is 12.1 Å². The quantitative estimate of drug-likeness (QED) is 0.765. The maximum Gasteiger partial charge on any atom is 0.0655 e. The van der Waals surface area contributed by atoms with Crippen molar-refractivity contribution in [3.63, 3.8) is 0 Å². The molecule has 126 valence electrons. The van der Waals surface area contributed by atoms with E-state index in [0.717, 1.165) is 31.7 Å². The van der Waals surface area contributed by atoms with Crippen LogP contribution in [0.15, 0.2) is 12.1 Å². The summed E-state index contributed by atoms with van der Waals surface area (Å²) >= 11 is 19.0. The topological polar surface area (TPSA) is 35.5 Å². The van der Waals surface area contributed by atoms with Gasteiger partial charge in [0, 0.05) is 54.8 Å². The Hall–Kier alpha value is 0.260. The molecule has 7 heteroatoms. The van der Waals surface area contributed by atoms with Gasteiger partial charge in [0.1, 0.15) is 0 Å². The molecule has 1 aliphatic rings. The highest BCUT2D eigenvalue weighted by Gasteiger charge is 2.38. The van der Waals surface area contributed by atoms with Gasteiger partial charge in [0.25, 0.3) is 0 Å². The monoisotopic (exact) mass is 386 g/mol. The number of aliphatic hydroxyl groups is 1. The number of hydrogen-bond acceptors (Lipinski definition) is 3. The lowest BCUT2D eigenvalue weighted by Crippen LogP contribution is -2.49. The van der Waals surface area contributed by atoms with Gasteiger partial charge in [0.2, 0.25) is 0 Å². The summed E-state index contributed by atoms with van der Waals surface area (Å²) in [6.07, 6.45) is 0. The number of piperazine rings is 1. The normalized spacial score (nSPS) is 17.9. The zero-order chi connectivity index (χ0) is 15.6. The lowest BCUT2D eigenvalue weighted by atomic mass is 9.79. The number of benzene rings is 1. The van der Waals surface area contributed by atoms with Crippen LogP contribution in [0.4, 0.5) is 0 Å². The first-order valence-corrected chi connectivity index (χ1v) is 8.21. The molecular weight excluding hydrogens is 366 g/mol. The van der Waals surface area contributed by atoms with E-state index in [1.165, 1.54) is 0 Å². The van der Waals surface area contributed by atoms with Gasteiger partial charge in [0.15, 0.2) is 0 Å². The smallest absolute Gasteiger partial charge is 0.0655 e. The molecule has 0 amide bonds. The van der Waals surface area contributed by atoms with Crippen molar-refractivity contribution in [2.24, 2.45) is 5.41 Å². The molecule has 1 heterocycles. The first-order chi connectivity index (χ1) is 9.88. The summed E-state index contributed by atoms with van der Waals surface area (Å²) in [6.45, 7) is 7.67. The number of nitrogens with one attached hydrogen (secondary N) is 1. The summed E-state index contributed by atoms with van der Waals surface area (Å²) in [5.74, 6) is 0. The minimum absolute atomic E-state index is 0. The van der Waals surface area contributed by atoms with Crippen LogP contribution in [0, 0.1) is 5.41 Å². The van der Waals surface area contributed by atoms with Crippen molar-refractivity contribution in [2.75, 3.05) is 32.8 Å². The molecule has 2 rings (SSSR count). The molecule has 0 aliphatic carbocycles. The van der Waals surface area contributed by atoms with Crippen LogP contribution in [0.3, 0.4) is 0 Å². The standard InChI is InChI=1S/C15H21Cl3N2O.ClH/c1-15(2,9-21)14(20-7-5-19-6-8-20)12-10(16)3-4-11(17)13(12)18;/h3-4,14,19,21H,5-9H2,1-2H3;1H/t14-;/m1./s1. The second kappa shape index (κ2) is 8.39. The molecular formula is C15H22Cl4N2O. The molecule has 0 spiro atoms. The van der Waals surface area contributed by atoms with Gasteiger partial charge >= 0.3 is 0 Å². The number of aliphatic hydroxyl groups excluding tert-OH is 1. The van der Waals surface area contributed by atoms with Gasteiger partial charge in [-0.25, -0.2) is 0 Å². The zero-order valence-electron chi connectivity index (χ0n) is 12.7. The van der Waals surface area contributed by atoms with E-state index in [2.05, 4.69) is 10.2 Å². The van der Waals surface area contributed by atoms with E-state index >= 15 is 0 Å². The Balaban J connectivity index is 0.00000242. The maximum atomic E-state index is 9.85. The van der Waals surface area contributed by atoms with Gasteiger partial charge in [-0.2, -0.15) is 0 Å². The van der Waals surface area contributed by atoms with Crippen molar-refractivity contribution in [1.29, 1.82) is 0 Å². The molecule has 1 aromatic carbocycles. The molecule has 1 fully saturated rings. The maximum absolute atomic E-state index is 9.85. The van der Waals surface area contributed by atoms with Crippen molar-refractivity contribution in [3.05, 3.63) is 32.8 Å². The van der Waals surface area contributed by atoms with Crippen LogP contribution in [0.1, 0.15) is 25.5 Å². The predicted molar refractivity (Wildman–Crippen MR) is 96.8 cm³/mol. The lowest BCUT2D eigenvalue weighted by Gasteiger charge is -2.44. The Kier molecular flexibility index (Phi) is 7.74. The van der Waals surface area contributed by atoms with Crippen molar-refractivity contribution in [1.82, 2.24) is 10.2 Å². The number of hydrogen-bond donors (Lipinski definition) is 2. The highest BCUT2D eigenvalue weighted by atomic mass is 35.5. The fourth-order valence-electron chi connectivity index (χ4n) is 2.89. The third-order valence-electron chi connectivity index (χ3n) is 4.02. The highest BCUT2D eigenvalue weighted by Crippen LogP contribution is 2.46. The Morgan fingerprint density at radius 2 is 1.73 bits per heavy atom. The minimum Gasteiger partial charge on any atom is -0.396 e. The SMILES string of the molecule is CC(C)(CO)[C@@H](c1c(Cl)ccc(Cl)c1Cl)N1CCNCC1.Cl. The largest absolute Gasteiger partial charge is 0.396 e. The summed E-state index contributed by atoms with van der Waals surface area (Å²) in [7, 11) is 0. The Morgan fingerprint density at radius 1 is 1.18 bits per heavy atom. The molecule has 1 atom stereocenters. The number of halogens is 4. The minimum atomic E-state index is -0.380. The van der Waals surface area contributed by atoms with Crippen LogP contribution >= 0.6 is 47.2 Å². The van der Waals surface area contributed by atoms with E-state index < -0.39 is 0 Å². The Morgan fingerprint density at radius 3 is 2.27 bits per heavy atom. The second-order valence-corrected chi connectivity index (χ2v) is 7.28. The van der Waals surface area contributed by atoms with Crippen molar-refractivity contribution < 1.29 is 5.11 Å². The molecule has 1 aliphatic heterocycles. The summed E-state index contributed by atoms with van der Waals surface area (Å²) in [5.41, 5.74) is 0.432. The Bertz CT molecular complexity index is 505. The molecule has 0 saturated carbocycles. The summed E-state index contributed by atoms with van der Waals surface area (Å²) in [5, 5.41) is 14.7. The number of rotatable bonds is 4. The first kappa shape index (κ1) is 20.3. The van der Waals surface area contributed by atoms with E-state index in [9.17, 15) is 5.11 Å². The van der Waals surface area contributed by atoms with Gasteiger partial charge in [-0.3, -0.25) is 4.90 Å². The molecule has 1 saturated heterocycles. The van der Waals surface area contributed by atoms with Crippen LogP contribution in [0.25, 0.3) is 0 Å².